The third kappa shape index (κ3) is 2.83. The number of hydrogen-bond acceptors (Lipinski definition) is 4. The molecule has 0 spiro atoms. The third-order valence-corrected chi connectivity index (χ3v) is 3.31. The van der Waals surface area contributed by atoms with E-state index in [-0.39, 0.29) is 0 Å². The maximum Gasteiger partial charge on any atom is 0.133 e. The molecule has 0 bridgehead atoms. The van der Waals surface area contributed by atoms with Crippen molar-refractivity contribution in [1.82, 2.24) is 9.97 Å². The van der Waals surface area contributed by atoms with Crippen LogP contribution in [0.5, 0.6) is 0 Å². The van der Waals surface area contributed by atoms with Gasteiger partial charge in [0.05, 0.1) is 6.10 Å². The second kappa shape index (κ2) is 4.96. The van der Waals surface area contributed by atoms with Crippen LogP contribution >= 0.6 is 23.4 Å². The van der Waals surface area contributed by atoms with Crippen LogP contribution in [-0.4, -0.2) is 28.4 Å². The standard InChI is InChI=1S/C9H11ClN2OS/c10-8-4-9(12-6-11-8)14-5-7-2-1-3-13-7/h4,6-7H,1-3,5H2. The van der Waals surface area contributed by atoms with Crippen LogP contribution in [0.3, 0.4) is 0 Å². The molecule has 0 N–H and O–H groups in total. The quantitative estimate of drug-likeness (QED) is 0.590. The molecule has 76 valence electrons. The molecule has 5 heteroatoms. The highest BCUT2D eigenvalue weighted by molar-refractivity contribution is 7.99. The highest BCUT2D eigenvalue weighted by Crippen LogP contribution is 2.22. The molecule has 14 heavy (non-hydrogen) atoms. The van der Waals surface area contributed by atoms with E-state index < -0.39 is 0 Å². The van der Waals surface area contributed by atoms with E-state index in [4.69, 9.17) is 16.3 Å². The number of ether oxygens (including phenoxy) is 1. The molecule has 0 aromatic carbocycles. The van der Waals surface area contributed by atoms with E-state index in [1.807, 2.05) is 0 Å². The smallest absolute Gasteiger partial charge is 0.133 e. The van der Waals surface area contributed by atoms with E-state index in [9.17, 15) is 0 Å². The van der Waals surface area contributed by atoms with E-state index >= 15 is 0 Å². The normalized spacial score (nSPS) is 21.4. The van der Waals surface area contributed by atoms with Crippen molar-refractivity contribution in [2.45, 2.75) is 24.0 Å². The molecule has 1 aromatic heterocycles. The number of aromatic nitrogens is 2. The Morgan fingerprint density at radius 2 is 2.50 bits per heavy atom. The predicted octanol–water partition coefficient (Wildman–Crippen LogP) is 2.40. The SMILES string of the molecule is Clc1cc(SCC2CCCO2)ncn1. The average Bonchev–Trinajstić information content (AvgIpc) is 2.67. The molecule has 1 aliphatic rings. The minimum atomic E-state index is 0.383. The molecule has 1 aromatic rings. The van der Waals surface area contributed by atoms with Gasteiger partial charge in [-0.05, 0) is 12.8 Å². The van der Waals surface area contributed by atoms with Gasteiger partial charge in [0.1, 0.15) is 16.5 Å². The summed E-state index contributed by atoms with van der Waals surface area (Å²) in [6, 6.07) is 1.78. The molecular weight excluding hydrogens is 220 g/mol. The lowest BCUT2D eigenvalue weighted by Gasteiger charge is -2.07. The minimum Gasteiger partial charge on any atom is -0.377 e. The van der Waals surface area contributed by atoms with Gasteiger partial charge in [0.2, 0.25) is 0 Å². The van der Waals surface area contributed by atoms with Crippen LogP contribution in [0.4, 0.5) is 0 Å². The molecule has 1 atom stereocenters. The monoisotopic (exact) mass is 230 g/mol. The van der Waals surface area contributed by atoms with Crippen LogP contribution in [0.25, 0.3) is 0 Å². The summed E-state index contributed by atoms with van der Waals surface area (Å²) < 4.78 is 5.51. The Morgan fingerprint density at radius 3 is 3.21 bits per heavy atom. The zero-order valence-electron chi connectivity index (χ0n) is 7.65. The fourth-order valence-electron chi connectivity index (χ4n) is 1.35. The van der Waals surface area contributed by atoms with Crippen LogP contribution in [0.1, 0.15) is 12.8 Å². The van der Waals surface area contributed by atoms with Gasteiger partial charge in [-0.1, -0.05) is 11.6 Å². The third-order valence-electron chi connectivity index (χ3n) is 2.05. The summed E-state index contributed by atoms with van der Waals surface area (Å²) in [4.78, 5) is 7.94. The lowest BCUT2D eigenvalue weighted by atomic mass is 10.3. The van der Waals surface area contributed by atoms with Crippen molar-refractivity contribution in [2.75, 3.05) is 12.4 Å². The topological polar surface area (TPSA) is 35.0 Å². The van der Waals surface area contributed by atoms with Crippen molar-refractivity contribution in [3.05, 3.63) is 17.5 Å². The fourth-order valence-corrected chi connectivity index (χ4v) is 2.50. The fraction of sp³-hybridized carbons (Fsp3) is 0.556. The largest absolute Gasteiger partial charge is 0.377 e. The second-order valence-corrected chi connectivity index (χ2v) is 4.55. The maximum atomic E-state index is 5.74. The molecule has 1 saturated heterocycles. The maximum absolute atomic E-state index is 5.74. The van der Waals surface area contributed by atoms with Crippen molar-refractivity contribution in [1.29, 1.82) is 0 Å². The van der Waals surface area contributed by atoms with E-state index in [2.05, 4.69) is 9.97 Å². The van der Waals surface area contributed by atoms with Crippen LogP contribution in [-0.2, 0) is 4.74 Å². The van der Waals surface area contributed by atoms with Gasteiger partial charge < -0.3 is 4.74 Å². The average molecular weight is 231 g/mol. The summed E-state index contributed by atoms with van der Waals surface area (Å²) in [7, 11) is 0. The summed E-state index contributed by atoms with van der Waals surface area (Å²) in [5, 5.41) is 1.41. The van der Waals surface area contributed by atoms with Crippen LogP contribution in [0.2, 0.25) is 5.15 Å². The van der Waals surface area contributed by atoms with Gasteiger partial charge in [-0.3, -0.25) is 0 Å². The Hall–Kier alpha value is -0.320. The van der Waals surface area contributed by atoms with Crippen molar-refractivity contribution < 1.29 is 4.74 Å². The second-order valence-electron chi connectivity index (χ2n) is 3.13. The van der Waals surface area contributed by atoms with E-state index in [0.717, 1.165) is 23.8 Å². The summed E-state index contributed by atoms with van der Waals surface area (Å²) in [6.07, 6.45) is 4.20. The zero-order chi connectivity index (χ0) is 9.80. The van der Waals surface area contributed by atoms with Gasteiger partial charge >= 0.3 is 0 Å². The van der Waals surface area contributed by atoms with E-state index in [1.54, 1.807) is 17.8 Å². The van der Waals surface area contributed by atoms with Crippen molar-refractivity contribution in [2.24, 2.45) is 0 Å². The van der Waals surface area contributed by atoms with Gasteiger partial charge in [0.25, 0.3) is 0 Å². The predicted molar refractivity (Wildman–Crippen MR) is 56.7 cm³/mol. The number of halogens is 1. The molecule has 0 aliphatic carbocycles. The highest BCUT2D eigenvalue weighted by atomic mass is 35.5. The number of rotatable bonds is 3. The molecule has 3 nitrogen and oxygen atoms in total. The first-order valence-corrected chi connectivity index (χ1v) is 5.93. The highest BCUT2D eigenvalue weighted by Gasteiger charge is 2.15. The Kier molecular flexibility index (Phi) is 3.61. The van der Waals surface area contributed by atoms with Crippen LogP contribution in [0.15, 0.2) is 17.4 Å². The molecule has 1 fully saturated rings. The number of hydrogen-bond donors (Lipinski definition) is 0. The van der Waals surface area contributed by atoms with Gasteiger partial charge in [0, 0.05) is 18.4 Å². The Balaban J connectivity index is 1.85. The van der Waals surface area contributed by atoms with E-state index in [0.29, 0.717) is 11.3 Å². The lowest BCUT2D eigenvalue weighted by Crippen LogP contribution is -2.07. The first kappa shape index (κ1) is 10.2. The summed E-state index contributed by atoms with van der Waals surface area (Å²) in [5.41, 5.74) is 0. The molecule has 0 saturated carbocycles. The molecular formula is C9H11ClN2OS. The first-order chi connectivity index (χ1) is 6.84. The zero-order valence-corrected chi connectivity index (χ0v) is 9.22. The van der Waals surface area contributed by atoms with Crippen LogP contribution in [0, 0.1) is 0 Å². The van der Waals surface area contributed by atoms with Crippen molar-refractivity contribution in [3.63, 3.8) is 0 Å². The Bertz CT molecular complexity index is 305. The van der Waals surface area contributed by atoms with Crippen molar-refractivity contribution >= 4 is 23.4 Å². The molecule has 0 radical (unpaired) electrons. The van der Waals surface area contributed by atoms with Crippen molar-refractivity contribution in [3.8, 4) is 0 Å². The number of nitrogens with zero attached hydrogens (tertiary/aromatic N) is 2. The Morgan fingerprint density at radius 1 is 1.57 bits per heavy atom. The lowest BCUT2D eigenvalue weighted by molar-refractivity contribution is 0.129. The summed E-state index contributed by atoms with van der Waals surface area (Å²) >= 11 is 7.42. The number of thioether (sulfide) groups is 1. The van der Waals surface area contributed by atoms with E-state index in [1.165, 1.54) is 12.7 Å². The van der Waals surface area contributed by atoms with Gasteiger partial charge in [0.15, 0.2) is 0 Å². The Labute approximate surface area is 92.2 Å². The molecule has 2 rings (SSSR count). The van der Waals surface area contributed by atoms with Gasteiger partial charge in [-0.2, -0.15) is 0 Å². The summed E-state index contributed by atoms with van der Waals surface area (Å²) in [6.45, 7) is 0.899. The minimum absolute atomic E-state index is 0.383. The molecule has 1 unspecified atom stereocenters. The van der Waals surface area contributed by atoms with Gasteiger partial charge in [-0.25, -0.2) is 9.97 Å². The van der Waals surface area contributed by atoms with Crippen LogP contribution < -0.4 is 0 Å². The van der Waals surface area contributed by atoms with Gasteiger partial charge in [-0.15, -0.1) is 11.8 Å². The summed E-state index contributed by atoms with van der Waals surface area (Å²) in [5.74, 6) is 0.952. The molecule has 2 heterocycles. The first-order valence-electron chi connectivity index (χ1n) is 4.56. The molecule has 1 aliphatic heterocycles. The molecule has 0 amide bonds.